The number of nitrogens with zero attached hydrogens (tertiary/aromatic N) is 3. The lowest BCUT2D eigenvalue weighted by Gasteiger charge is -2.08. The number of hydrogen-bond donors (Lipinski definition) is 3. The van der Waals surface area contributed by atoms with Crippen LogP contribution in [0.2, 0.25) is 0 Å². The number of hydrogen-bond acceptors (Lipinski definition) is 6. The Morgan fingerprint density at radius 3 is 2.63 bits per heavy atom. The molecule has 3 N–H and O–H groups in total. The number of benzene rings is 1. The fourth-order valence-corrected chi connectivity index (χ4v) is 1.59. The van der Waals surface area contributed by atoms with E-state index in [0.717, 1.165) is 5.69 Å². The molecule has 0 aliphatic rings. The van der Waals surface area contributed by atoms with Gasteiger partial charge in [0, 0.05) is 12.4 Å². The highest BCUT2D eigenvalue weighted by Gasteiger charge is 2.04. The molecule has 2 aromatic heterocycles. The zero-order valence-corrected chi connectivity index (χ0v) is 9.79. The molecule has 0 spiro atoms. The molecular formula is C12H10N6O. The van der Waals surface area contributed by atoms with Gasteiger partial charge in [0.05, 0.1) is 5.69 Å². The van der Waals surface area contributed by atoms with Crippen LogP contribution in [0.25, 0.3) is 11.2 Å². The Kier molecular flexibility index (Phi) is 2.77. The van der Waals surface area contributed by atoms with Crippen molar-refractivity contribution >= 4 is 22.8 Å². The van der Waals surface area contributed by atoms with Crippen LogP contribution in [0.3, 0.4) is 0 Å². The summed E-state index contributed by atoms with van der Waals surface area (Å²) in [5, 5.41) is 0. The van der Waals surface area contributed by atoms with Crippen LogP contribution in [0.5, 0.6) is 0 Å². The standard InChI is InChI=1S/C12H10N6O/c19-11-9-10(14-7-6-13-9)15-12(16-11)18-17-8-4-2-1-3-5-8/h1-7,17H,(H2,14,15,16,18,19). The van der Waals surface area contributed by atoms with E-state index in [2.05, 4.69) is 30.8 Å². The van der Waals surface area contributed by atoms with Crippen molar-refractivity contribution in [2.75, 3.05) is 10.9 Å². The van der Waals surface area contributed by atoms with Crippen molar-refractivity contribution in [3.05, 3.63) is 53.1 Å². The molecule has 94 valence electrons. The van der Waals surface area contributed by atoms with Gasteiger partial charge in [-0.15, -0.1) is 0 Å². The van der Waals surface area contributed by atoms with Crippen LogP contribution >= 0.6 is 0 Å². The molecule has 0 atom stereocenters. The highest BCUT2D eigenvalue weighted by molar-refractivity contribution is 5.69. The van der Waals surface area contributed by atoms with Crippen LogP contribution in [0.1, 0.15) is 0 Å². The molecule has 7 nitrogen and oxygen atoms in total. The lowest BCUT2D eigenvalue weighted by atomic mass is 10.3. The van der Waals surface area contributed by atoms with Gasteiger partial charge in [-0.05, 0) is 12.1 Å². The normalized spacial score (nSPS) is 10.3. The molecule has 2 heterocycles. The molecule has 0 aliphatic heterocycles. The molecule has 3 rings (SSSR count). The van der Waals surface area contributed by atoms with Gasteiger partial charge in [-0.3, -0.25) is 20.6 Å². The van der Waals surface area contributed by atoms with Crippen molar-refractivity contribution < 1.29 is 0 Å². The van der Waals surface area contributed by atoms with Crippen molar-refractivity contribution in [1.82, 2.24) is 19.9 Å². The van der Waals surface area contributed by atoms with Gasteiger partial charge in [-0.25, -0.2) is 9.97 Å². The molecule has 0 unspecified atom stereocenters. The summed E-state index contributed by atoms with van der Waals surface area (Å²) in [5.41, 5.74) is 6.76. The van der Waals surface area contributed by atoms with Crippen molar-refractivity contribution in [2.24, 2.45) is 0 Å². The second-order valence-corrected chi connectivity index (χ2v) is 3.76. The minimum absolute atomic E-state index is 0.216. The summed E-state index contributed by atoms with van der Waals surface area (Å²) in [7, 11) is 0. The van der Waals surface area contributed by atoms with Gasteiger partial charge in [0.15, 0.2) is 11.2 Å². The number of para-hydroxylation sites is 1. The fourth-order valence-electron chi connectivity index (χ4n) is 1.59. The lowest BCUT2D eigenvalue weighted by molar-refractivity contribution is 1.10. The zero-order chi connectivity index (χ0) is 13.1. The molecule has 19 heavy (non-hydrogen) atoms. The summed E-state index contributed by atoms with van der Waals surface area (Å²) < 4.78 is 0. The predicted octanol–water partition coefficient (Wildman–Crippen LogP) is 1.15. The molecule has 7 heteroatoms. The Balaban J connectivity index is 1.88. The molecule has 3 aromatic rings. The van der Waals surface area contributed by atoms with Crippen LogP contribution in [0.15, 0.2) is 47.5 Å². The topological polar surface area (TPSA) is 95.6 Å². The zero-order valence-electron chi connectivity index (χ0n) is 9.79. The first-order valence-electron chi connectivity index (χ1n) is 5.61. The van der Waals surface area contributed by atoms with E-state index in [4.69, 9.17) is 0 Å². The highest BCUT2D eigenvalue weighted by atomic mass is 16.1. The Bertz CT molecular complexity index is 755. The van der Waals surface area contributed by atoms with Crippen LogP contribution in [0, 0.1) is 0 Å². The largest absolute Gasteiger partial charge is 0.298 e. The third-order valence-electron chi connectivity index (χ3n) is 2.44. The minimum atomic E-state index is -0.338. The number of hydrazine groups is 1. The first kappa shape index (κ1) is 11.1. The van der Waals surface area contributed by atoms with Crippen LogP contribution in [0.4, 0.5) is 11.6 Å². The molecule has 0 amide bonds. The van der Waals surface area contributed by atoms with E-state index in [1.807, 2.05) is 30.3 Å². The second-order valence-electron chi connectivity index (χ2n) is 3.76. The van der Waals surface area contributed by atoms with Crippen LogP contribution < -0.4 is 16.4 Å². The second kappa shape index (κ2) is 4.73. The summed E-state index contributed by atoms with van der Waals surface area (Å²) in [6.45, 7) is 0. The lowest BCUT2D eigenvalue weighted by Crippen LogP contribution is -2.18. The van der Waals surface area contributed by atoms with Gasteiger partial charge in [-0.2, -0.15) is 4.98 Å². The Morgan fingerprint density at radius 2 is 1.79 bits per heavy atom. The molecule has 0 bridgehead atoms. The van der Waals surface area contributed by atoms with Gasteiger partial charge >= 0.3 is 0 Å². The first-order valence-corrected chi connectivity index (χ1v) is 5.61. The van der Waals surface area contributed by atoms with E-state index in [9.17, 15) is 4.79 Å². The number of aromatic nitrogens is 4. The maximum Gasteiger partial charge on any atom is 0.280 e. The van der Waals surface area contributed by atoms with E-state index >= 15 is 0 Å². The van der Waals surface area contributed by atoms with E-state index in [-0.39, 0.29) is 17.0 Å². The van der Waals surface area contributed by atoms with Gasteiger partial charge in [0.2, 0.25) is 5.95 Å². The summed E-state index contributed by atoms with van der Waals surface area (Å²) >= 11 is 0. The maximum atomic E-state index is 11.7. The number of nitrogens with one attached hydrogen (secondary N) is 3. The maximum absolute atomic E-state index is 11.7. The number of anilines is 2. The van der Waals surface area contributed by atoms with Crippen molar-refractivity contribution in [2.45, 2.75) is 0 Å². The molecule has 0 fully saturated rings. The van der Waals surface area contributed by atoms with E-state index in [1.54, 1.807) is 0 Å². The molecule has 0 saturated carbocycles. The quantitative estimate of drug-likeness (QED) is 0.607. The number of rotatable bonds is 3. The molecule has 0 saturated heterocycles. The van der Waals surface area contributed by atoms with Gasteiger partial charge < -0.3 is 0 Å². The highest BCUT2D eigenvalue weighted by Crippen LogP contribution is 2.06. The molecular weight excluding hydrogens is 244 g/mol. The average molecular weight is 254 g/mol. The number of fused-ring (bicyclic) bond motifs is 1. The molecule has 0 radical (unpaired) electrons. The van der Waals surface area contributed by atoms with Crippen molar-refractivity contribution in [3.63, 3.8) is 0 Å². The van der Waals surface area contributed by atoms with Gasteiger partial charge in [-0.1, -0.05) is 18.2 Å². The SMILES string of the molecule is O=c1[nH]c(NNc2ccccc2)nc2nccnc12. The van der Waals surface area contributed by atoms with Gasteiger partial charge in [0.1, 0.15) is 0 Å². The van der Waals surface area contributed by atoms with Crippen molar-refractivity contribution in [1.29, 1.82) is 0 Å². The Hall–Kier alpha value is -2.96. The first-order chi connectivity index (χ1) is 9.33. The van der Waals surface area contributed by atoms with Crippen molar-refractivity contribution in [3.8, 4) is 0 Å². The molecule has 1 aromatic carbocycles. The predicted molar refractivity (Wildman–Crippen MR) is 71.6 cm³/mol. The third kappa shape index (κ3) is 2.34. The smallest absolute Gasteiger partial charge is 0.280 e. The van der Waals surface area contributed by atoms with Gasteiger partial charge in [0.25, 0.3) is 5.56 Å². The van der Waals surface area contributed by atoms with E-state index in [0.29, 0.717) is 5.65 Å². The molecule has 0 aliphatic carbocycles. The Morgan fingerprint density at radius 1 is 1.00 bits per heavy atom. The summed E-state index contributed by atoms with van der Waals surface area (Å²) in [6.07, 6.45) is 2.94. The third-order valence-corrected chi connectivity index (χ3v) is 2.44. The fraction of sp³-hybridized carbons (Fsp3) is 0. The van der Waals surface area contributed by atoms with E-state index < -0.39 is 0 Å². The summed E-state index contributed by atoms with van der Waals surface area (Å²) in [4.78, 5) is 26.4. The average Bonchev–Trinajstić information content (AvgIpc) is 2.46. The van der Waals surface area contributed by atoms with Crippen LogP contribution in [-0.2, 0) is 0 Å². The minimum Gasteiger partial charge on any atom is -0.298 e. The van der Waals surface area contributed by atoms with E-state index in [1.165, 1.54) is 12.4 Å². The Labute approximate surface area is 107 Å². The number of H-pyrrole nitrogens is 1. The summed E-state index contributed by atoms with van der Waals surface area (Å²) in [6, 6.07) is 9.47. The summed E-state index contributed by atoms with van der Waals surface area (Å²) in [5.74, 6) is 0.279. The van der Waals surface area contributed by atoms with Crippen LogP contribution in [-0.4, -0.2) is 19.9 Å². The number of aromatic amines is 1. The monoisotopic (exact) mass is 254 g/mol.